The van der Waals surface area contributed by atoms with Crippen molar-refractivity contribution in [1.29, 1.82) is 0 Å². The van der Waals surface area contributed by atoms with Crippen LogP contribution < -0.4 is 5.32 Å². The average molecular weight is 433 g/mol. The Kier molecular flexibility index (Phi) is 6.16. The molecule has 1 aliphatic rings. The van der Waals surface area contributed by atoms with Crippen LogP contribution in [0.3, 0.4) is 0 Å². The lowest BCUT2D eigenvalue weighted by atomic mass is 9.93. The number of nitrogens with one attached hydrogen (secondary N) is 1. The number of rotatable bonds is 6. The van der Waals surface area contributed by atoms with E-state index >= 15 is 0 Å². The summed E-state index contributed by atoms with van der Waals surface area (Å²) >= 11 is 12.1. The van der Waals surface area contributed by atoms with Crippen molar-refractivity contribution in [2.24, 2.45) is 0 Å². The molecule has 1 aliphatic heterocycles. The molecule has 4 rings (SSSR count). The lowest BCUT2D eigenvalue weighted by molar-refractivity contribution is 0.0922. The number of benzene rings is 3. The van der Waals surface area contributed by atoms with Gasteiger partial charge in [-0.05, 0) is 53.1 Å². The Labute approximate surface area is 179 Å². The second kappa shape index (κ2) is 8.80. The van der Waals surface area contributed by atoms with Crippen molar-refractivity contribution in [3.8, 4) is 0 Å². The van der Waals surface area contributed by atoms with Gasteiger partial charge < -0.3 is 5.32 Å². The maximum atomic E-state index is 13.4. The maximum Gasteiger partial charge on any atom is 0.126 e. The molecule has 0 aromatic heterocycles. The molecule has 0 atom stereocenters. The Morgan fingerprint density at radius 2 is 1.31 bits per heavy atom. The van der Waals surface area contributed by atoms with E-state index in [-0.39, 0.29) is 12.1 Å². The molecule has 0 saturated carbocycles. The molecular formula is C23H20Cl2F2N2. The van der Waals surface area contributed by atoms with Crippen LogP contribution in [0.4, 0.5) is 8.78 Å². The highest BCUT2D eigenvalue weighted by Gasteiger charge is 2.33. The third-order valence-electron chi connectivity index (χ3n) is 5.16. The standard InChI is InChI=1S/C23H20Cl2F2N2/c24-18-5-1-16(2-6-18)23(17-3-7-19(25)8-4-17)29-13-22(14-29)28-12-15-9-20(26)11-21(27)10-15/h1-11,22-23,28H,12-14H2. The molecule has 29 heavy (non-hydrogen) atoms. The lowest BCUT2D eigenvalue weighted by Crippen LogP contribution is -2.58. The molecule has 0 spiro atoms. The van der Waals surface area contributed by atoms with Gasteiger partial charge in [-0.3, -0.25) is 4.90 Å². The fraction of sp³-hybridized carbons (Fsp3) is 0.217. The highest BCUT2D eigenvalue weighted by molar-refractivity contribution is 6.30. The molecule has 150 valence electrons. The van der Waals surface area contributed by atoms with Crippen LogP contribution in [0, 0.1) is 11.6 Å². The van der Waals surface area contributed by atoms with Gasteiger partial charge in [0.15, 0.2) is 0 Å². The monoisotopic (exact) mass is 432 g/mol. The Balaban J connectivity index is 1.44. The lowest BCUT2D eigenvalue weighted by Gasteiger charge is -2.45. The summed E-state index contributed by atoms with van der Waals surface area (Å²) in [6, 6.07) is 19.7. The van der Waals surface area contributed by atoms with Crippen LogP contribution in [0.15, 0.2) is 66.7 Å². The van der Waals surface area contributed by atoms with Crippen LogP contribution in [0.2, 0.25) is 10.0 Å². The minimum atomic E-state index is -0.553. The second-order valence-electron chi connectivity index (χ2n) is 7.32. The van der Waals surface area contributed by atoms with E-state index in [4.69, 9.17) is 23.2 Å². The van der Waals surface area contributed by atoms with Crippen molar-refractivity contribution in [3.63, 3.8) is 0 Å². The van der Waals surface area contributed by atoms with Gasteiger partial charge in [0.2, 0.25) is 0 Å². The smallest absolute Gasteiger partial charge is 0.126 e. The molecule has 1 saturated heterocycles. The first kappa shape index (κ1) is 20.3. The predicted octanol–water partition coefficient (Wildman–Crippen LogP) is 5.84. The largest absolute Gasteiger partial charge is 0.307 e. The molecule has 0 amide bonds. The van der Waals surface area contributed by atoms with Gasteiger partial charge in [-0.25, -0.2) is 8.78 Å². The molecule has 0 radical (unpaired) electrons. The molecular weight excluding hydrogens is 413 g/mol. The van der Waals surface area contributed by atoms with E-state index in [9.17, 15) is 8.78 Å². The highest BCUT2D eigenvalue weighted by Crippen LogP contribution is 2.33. The summed E-state index contributed by atoms with van der Waals surface area (Å²) < 4.78 is 26.7. The van der Waals surface area contributed by atoms with Crippen molar-refractivity contribution in [3.05, 3.63) is 105 Å². The summed E-state index contributed by atoms with van der Waals surface area (Å²) in [5.41, 5.74) is 2.91. The molecule has 0 aliphatic carbocycles. The quantitative estimate of drug-likeness (QED) is 0.526. The summed E-state index contributed by atoms with van der Waals surface area (Å²) in [7, 11) is 0. The predicted molar refractivity (Wildman–Crippen MR) is 113 cm³/mol. The van der Waals surface area contributed by atoms with Crippen molar-refractivity contribution < 1.29 is 8.78 Å². The molecule has 1 fully saturated rings. The first-order chi connectivity index (χ1) is 14.0. The molecule has 0 unspecified atom stereocenters. The van der Waals surface area contributed by atoms with E-state index in [1.807, 2.05) is 48.5 Å². The Bertz CT molecular complexity index is 905. The van der Waals surface area contributed by atoms with Gasteiger partial charge in [0.05, 0.1) is 6.04 Å². The maximum absolute atomic E-state index is 13.4. The fourth-order valence-corrected chi connectivity index (χ4v) is 3.98. The molecule has 1 N–H and O–H groups in total. The Morgan fingerprint density at radius 1 is 0.828 bits per heavy atom. The van der Waals surface area contributed by atoms with Gasteiger partial charge >= 0.3 is 0 Å². The summed E-state index contributed by atoms with van der Waals surface area (Å²) in [6.07, 6.45) is 0. The first-order valence-electron chi connectivity index (χ1n) is 9.41. The molecule has 3 aromatic carbocycles. The number of hydrogen-bond donors (Lipinski definition) is 1. The van der Waals surface area contributed by atoms with E-state index in [1.165, 1.54) is 12.1 Å². The third kappa shape index (κ3) is 4.96. The van der Waals surface area contributed by atoms with Crippen LogP contribution in [-0.4, -0.2) is 24.0 Å². The van der Waals surface area contributed by atoms with E-state index in [0.717, 1.165) is 30.3 Å². The number of hydrogen-bond acceptors (Lipinski definition) is 2. The summed E-state index contributed by atoms with van der Waals surface area (Å²) in [5.74, 6) is -1.11. The van der Waals surface area contributed by atoms with Crippen LogP contribution in [0.25, 0.3) is 0 Å². The average Bonchev–Trinajstić information content (AvgIpc) is 2.65. The Morgan fingerprint density at radius 3 is 1.79 bits per heavy atom. The molecule has 3 aromatic rings. The first-order valence-corrected chi connectivity index (χ1v) is 10.2. The number of nitrogens with zero attached hydrogens (tertiary/aromatic N) is 1. The summed E-state index contributed by atoms with van der Waals surface area (Å²) in [6.45, 7) is 2.08. The van der Waals surface area contributed by atoms with Gasteiger partial charge in [-0.2, -0.15) is 0 Å². The van der Waals surface area contributed by atoms with Gasteiger partial charge in [0.25, 0.3) is 0 Å². The third-order valence-corrected chi connectivity index (χ3v) is 5.67. The highest BCUT2D eigenvalue weighted by atomic mass is 35.5. The van der Waals surface area contributed by atoms with E-state index in [1.54, 1.807) is 0 Å². The van der Waals surface area contributed by atoms with Crippen molar-refractivity contribution >= 4 is 23.2 Å². The SMILES string of the molecule is Fc1cc(F)cc(CNC2CN(C(c3ccc(Cl)cc3)c3ccc(Cl)cc3)C2)c1. The zero-order valence-corrected chi connectivity index (χ0v) is 17.1. The van der Waals surface area contributed by atoms with E-state index in [0.29, 0.717) is 22.2 Å². The normalized spacial score (nSPS) is 14.9. The topological polar surface area (TPSA) is 15.3 Å². The van der Waals surface area contributed by atoms with Crippen LogP contribution >= 0.6 is 23.2 Å². The van der Waals surface area contributed by atoms with Crippen molar-refractivity contribution in [2.45, 2.75) is 18.6 Å². The molecule has 0 bridgehead atoms. The zero-order valence-electron chi connectivity index (χ0n) is 15.6. The van der Waals surface area contributed by atoms with Crippen LogP contribution in [0.5, 0.6) is 0 Å². The van der Waals surface area contributed by atoms with Gasteiger partial charge in [0, 0.05) is 41.8 Å². The summed E-state index contributed by atoms with van der Waals surface area (Å²) in [5, 5.41) is 4.78. The number of likely N-dealkylation sites (tertiary alicyclic amines) is 1. The molecule has 2 nitrogen and oxygen atoms in total. The Hall–Kier alpha value is -1.98. The van der Waals surface area contributed by atoms with E-state index in [2.05, 4.69) is 10.2 Å². The van der Waals surface area contributed by atoms with Crippen molar-refractivity contribution in [1.82, 2.24) is 10.2 Å². The second-order valence-corrected chi connectivity index (χ2v) is 8.19. The summed E-state index contributed by atoms with van der Waals surface area (Å²) in [4.78, 5) is 2.36. The molecule has 1 heterocycles. The van der Waals surface area contributed by atoms with Gasteiger partial charge in [-0.1, -0.05) is 47.5 Å². The molecule has 6 heteroatoms. The zero-order chi connectivity index (χ0) is 20.4. The number of halogens is 4. The fourth-order valence-electron chi connectivity index (χ4n) is 3.73. The van der Waals surface area contributed by atoms with E-state index < -0.39 is 11.6 Å². The van der Waals surface area contributed by atoms with Crippen LogP contribution in [0.1, 0.15) is 22.7 Å². The van der Waals surface area contributed by atoms with Crippen molar-refractivity contribution in [2.75, 3.05) is 13.1 Å². The minimum Gasteiger partial charge on any atom is -0.307 e. The van der Waals surface area contributed by atoms with Crippen LogP contribution in [-0.2, 0) is 6.54 Å². The van der Waals surface area contributed by atoms with Gasteiger partial charge in [-0.15, -0.1) is 0 Å². The minimum absolute atomic E-state index is 0.0918. The van der Waals surface area contributed by atoms with Gasteiger partial charge in [0.1, 0.15) is 11.6 Å².